The second-order valence-corrected chi connectivity index (χ2v) is 5.99. The van der Waals surface area contributed by atoms with Gasteiger partial charge in [0.15, 0.2) is 0 Å². The lowest BCUT2D eigenvalue weighted by molar-refractivity contribution is -0.121. The summed E-state index contributed by atoms with van der Waals surface area (Å²) in [5, 5.41) is 3.03. The number of nitrogens with one attached hydrogen (secondary N) is 1. The Hall–Kier alpha value is -0.780. The van der Waals surface area contributed by atoms with E-state index < -0.39 is 0 Å². The summed E-state index contributed by atoms with van der Waals surface area (Å²) in [6.45, 7) is 2.72. The summed E-state index contributed by atoms with van der Waals surface area (Å²) in [5.41, 5.74) is 6.50. The second kappa shape index (κ2) is 11.7. The summed E-state index contributed by atoms with van der Waals surface area (Å²) >= 11 is 3.46. The van der Waals surface area contributed by atoms with E-state index in [2.05, 4.69) is 21.2 Å². The number of carbonyl (C=O) groups is 1. The van der Waals surface area contributed by atoms with E-state index in [4.69, 9.17) is 10.5 Å². The van der Waals surface area contributed by atoms with Crippen LogP contribution in [0.15, 0.2) is 22.7 Å². The van der Waals surface area contributed by atoms with Gasteiger partial charge >= 0.3 is 0 Å². The summed E-state index contributed by atoms with van der Waals surface area (Å²) in [6, 6.07) is 5.83. The summed E-state index contributed by atoms with van der Waals surface area (Å²) in [7, 11) is 1.63. The van der Waals surface area contributed by atoms with Crippen LogP contribution in [0.3, 0.4) is 0 Å². The highest BCUT2D eigenvalue weighted by atomic mass is 79.9. The van der Waals surface area contributed by atoms with Gasteiger partial charge in [0.05, 0.1) is 17.6 Å². The van der Waals surface area contributed by atoms with Gasteiger partial charge in [0.1, 0.15) is 5.75 Å². The fourth-order valence-corrected chi connectivity index (χ4v) is 2.69. The Kier molecular flexibility index (Phi) is 11.3. The summed E-state index contributed by atoms with van der Waals surface area (Å²) in [6.07, 6.45) is 4.70. The zero-order valence-electron chi connectivity index (χ0n) is 13.2. The van der Waals surface area contributed by atoms with Crippen molar-refractivity contribution >= 4 is 34.2 Å². The first-order valence-corrected chi connectivity index (χ1v) is 8.20. The molecule has 0 aromatic heterocycles. The maximum atomic E-state index is 11.9. The van der Waals surface area contributed by atoms with E-state index in [-0.39, 0.29) is 24.4 Å². The summed E-state index contributed by atoms with van der Waals surface area (Å²) in [5.74, 6) is 0.888. The highest BCUT2D eigenvalue weighted by Gasteiger charge is 2.11. The third-order valence-electron chi connectivity index (χ3n) is 3.41. The quantitative estimate of drug-likeness (QED) is 0.624. The summed E-state index contributed by atoms with van der Waals surface area (Å²) < 4.78 is 6.10. The highest BCUT2D eigenvalue weighted by molar-refractivity contribution is 9.10. The van der Waals surface area contributed by atoms with Crippen molar-refractivity contribution in [3.05, 3.63) is 28.2 Å². The maximum Gasteiger partial charge on any atom is 0.220 e. The lowest BCUT2D eigenvalue weighted by Gasteiger charge is -2.15. The molecule has 0 fully saturated rings. The van der Waals surface area contributed by atoms with E-state index in [9.17, 15) is 4.79 Å². The molecule has 126 valence electrons. The molecule has 6 heteroatoms. The first-order valence-electron chi connectivity index (χ1n) is 7.41. The van der Waals surface area contributed by atoms with E-state index in [1.165, 1.54) is 0 Å². The number of hydrogen-bond acceptors (Lipinski definition) is 3. The second-order valence-electron chi connectivity index (χ2n) is 5.14. The molecule has 4 nitrogen and oxygen atoms in total. The molecule has 1 aromatic carbocycles. The van der Waals surface area contributed by atoms with Crippen molar-refractivity contribution in [1.29, 1.82) is 0 Å². The van der Waals surface area contributed by atoms with Gasteiger partial charge in [-0.05, 0) is 59.9 Å². The molecule has 0 saturated carbocycles. The van der Waals surface area contributed by atoms with Gasteiger partial charge in [-0.3, -0.25) is 4.79 Å². The van der Waals surface area contributed by atoms with Gasteiger partial charge in [0.25, 0.3) is 0 Å². The van der Waals surface area contributed by atoms with Crippen molar-refractivity contribution in [3.8, 4) is 5.75 Å². The van der Waals surface area contributed by atoms with Crippen LogP contribution >= 0.6 is 28.3 Å². The fraction of sp³-hybridized carbons (Fsp3) is 0.562. The number of nitrogens with two attached hydrogens (primary N) is 1. The number of ether oxygens (including phenoxy) is 1. The minimum absolute atomic E-state index is 0. The van der Waals surface area contributed by atoms with Gasteiger partial charge in [0.2, 0.25) is 5.91 Å². The molecule has 0 bridgehead atoms. The number of benzene rings is 1. The Morgan fingerprint density at radius 1 is 1.32 bits per heavy atom. The number of carbonyl (C=O) groups excluding carboxylic acids is 1. The fourth-order valence-electron chi connectivity index (χ4n) is 2.13. The van der Waals surface area contributed by atoms with Crippen molar-refractivity contribution < 1.29 is 9.53 Å². The first-order chi connectivity index (χ1) is 10.1. The molecule has 0 aliphatic carbocycles. The number of hydrogen-bond donors (Lipinski definition) is 2. The highest BCUT2D eigenvalue weighted by Crippen LogP contribution is 2.28. The van der Waals surface area contributed by atoms with Gasteiger partial charge in [-0.25, -0.2) is 0 Å². The van der Waals surface area contributed by atoms with Crippen LogP contribution in [0.5, 0.6) is 5.75 Å². The van der Waals surface area contributed by atoms with Crippen LogP contribution in [-0.2, 0) is 4.79 Å². The molecule has 0 heterocycles. The predicted molar refractivity (Wildman–Crippen MR) is 96.6 cm³/mol. The van der Waals surface area contributed by atoms with Gasteiger partial charge < -0.3 is 15.8 Å². The number of amides is 1. The molecular weight excluding hydrogens is 368 g/mol. The lowest BCUT2D eigenvalue weighted by Crippen LogP contribution is -2.26. The molecule has 0 radical (unpaired) electrons. The van der Waals surface area contributed by atoms with Crippen LogP contribution in [0, 0.1) is 0 Å². The monoisotopic (exact) mass is 392 g/mol. The van der Waals surface area contributed by atoms with Crippen LogP contribution in [-0.4, -0.2) is 19.6 Å². The molecule has 22 heavy (non-hydrogen) atoms. The molecule has 1 rings (SSSR count). The zero-order valence-corrected chi connectivity index (χ0v) is 15.6. The van der Waals surface area contributed by atoms with Crippen molar-refractivity contribution in [2.24, 2.45) is 5.73 Å². The van der Waals surface area contributed by atoms with Gasteiger partial charge in [-0.1, -0.05) is 18.9 Å². The lowest BCUT2D eigenvalue weighted by atomic mass is 10.1. The smallest absolute Gasteiger partial charge is 0.220 e. The SMILES string of the molecule is COc1ccc(C(C)NC(=O)CCCCCCN)cc1Br.Cl. The van der Waals surface area contributed by atoms with E-state index in [0.717, 1.165) is 48.0 Å². The van der Waals surface area contributed by atoms with Crippen LogP contribution in [0.1, 0.15) is 50.6 Å². The van der Waals surface area contributed by atoms with Crippen LogP contribution in [0.2, 0.25) is 0 Å². The Morgan fingerprint density at radius 3 is 2.59 bits per heavy atom. The molecule has 1 unspecified atom stereocenters. The van der Waals surface area contributed by atoms with Gasteiger partial charge in [0, 0.05) is 6.42 Å². The van der Waals surface area contributed by atoms with Crippen molar-refractivity contribution in [2.75, 3.05) is 13.7 Å². The first kappa shape index (κ1) is 21.2. The largest absolute Gasteiger partial charge is 0.496 e. The van der Waals surface area contributed by atoms with E-state index in [0.29, 0.717) is 6.42 Å². The summed E-state index contributed by atoms with van der Waals surface area (Å²) in [4.78, 5) is 11.9. The topological polar surface area (TPSA) is 64.3 Å². The minimum Gasteiger partial charge on any atom is -0.496 e. The molecule has 1 aromatic rings. The molecular formula is C16H26BrClN2O2. The Labute approximate surface area is 147 Å². The molecule has 0 spiro atoms. The van der Waals surface area contributed by atoms with Crippen LogP contribution in [0.25, 0.3) is 0 Å². The third-order valence-corrected chi connectivity index (χ3v) is 4.03. The molecule has 3 N–H and O–H groups in total. The van der Waals surface area contributed by atoms with Gasteiger partial charge in [-0.2, -0.15) is 0 Å². The molecule has 0 aliphatic rings. The molecule has 1 amide bonds. The molecule has 0 saturated heterocycles. The average Bonchev–Trinajstić information content (AvgIpc) is 2.46. The Morgan fingerprint density at radius 2 is 2.00 bits per heavy atom. The standard InChI is InChI=1S/C16H25BrN2O2.ClH/c1-12(13-8-9-15(21-2)14(17)11-13)19-16(20)7-5-3-4-6-10-18;/h8-9,11-12H,3-7,10,18H2,1-2H3,(H,19,20);1H. The number of unbranched alkanes of at least 4 members (excludes halogenated alkanes) is 3. The normalized spacial score (nSPS) is 11.5. The Bertz CT molecular complexity index is 458. The number of rotatable bonds is 9. The number of methoxy groups -OCH3 is 1. The number of halogens is 2. The average molecular weight is 394 g/mol. The predicted octanol–water partition coefficient (Wildman–Crippen LogP) is 3.97. The van der Waals surface area contributed by atoms with Crippen LogP contribution < -0.4 is 15.8 Å². The van der Waals surface area contributed by atoms with Crippen molar-refractivity contribution in [3.63, 3.8) is 0 Å². The van der Waals surface area contributed by atoms with Gasteiger partial charge in [-0.15, -0.1) is 12.4 Å². The maximum absolute atomic E-state index is 11.9. The zero-order chi connectivity index (χ0) is 15.7. The van der Waals surface area contributed by atoms with E-state index in [1.807, 2.05) is 25.1 Å². The molecule has 0 aliphatic heterocycles. The van der Waals surface area contributed by atoms with Crippen molar-refractivity contribution in [2.45, 2.75) is 45.1 Å². The van der Waals surface area contributed by atoms with Crippen LogP contribution in [0.4, 0.5) is 0 Å². The minimum atomic E-state index is -0.0104. The van der Waals surface area contributed by atoms with E-state index in [1.54, 1.807) is 7.11 Å². The van der Waals surface area contributed by atoms with Crippen molar-refractivity contribution in [1.82, 2.24) is 5.32 Å². The Balaban J connectivity index is 0.00000441. The van der Waals surface area contributed by atoms with E-state index >= 15 is 0 Å². The molecule has 1 atom stereocenters. The third kappa shape index (κ3) is 7.47.